The lowest BCUT2D eigenvalue weighted by molar-refractivity contribution is -0.383. The third-order valence-corrected chi connectivity index (χ3v) is 4.23. The molecule has 0 bridgehead atoms. The van der Waals surface area contributed by atoms with Crippen molar-refractivity contribution in [1.82, 2.24) is 10.2 Å². The van der Waals surface area contributed by atoms with Crippen LogP contribution in [0.25, 0.3) is 10.9 Å². The zero-order valence-corrected chi connectivity index (χ0v) is 14.5. The number of nitro benzene ring substituents is 1. The van der Waals surface area contributed by atoms with Crippen LogP contribution >= 0.6 is 0 Å². The van der Waals surface area contributed by atoms with Gasteiger partial charge in [-0.25, -0.2) is 0 Å². The minimum Gasteiger partial charge on any atom is -0.350 e. The van der Waals surface area contributed by atoms with Crippen LogP contribution in [0, 0.1) is 10.1 Å². The predicted molar refractivity (Wildman–Crippen MR) is 107 cm³/mol. The number of anilines is 3. The average molecular weight is 373 g/mol. The summed E-state index contributed by atoms with van der Waals surface area (Å²) in [5.74, 6) is -0.448. The molecule has 1 amide bonds. The molecular formula is C20H15N5O3. The molecule has 3 aromatic carbocycles. The number of H-pyrrole nitrogens is 1. The van der Waals surface area contributed by atoms with E-state index in [1.54, 1.807) is 36.5 Å². The summed E-state index contributed by atoms with van der Waals surface area (Å²) in [7, 11) is 0. The quantitative estimate of drug-likeness (QED) is 0.353. The molecule has 8 nitrogen and oxygen atoms in total. The van der Waals surface area contributed by atoms with Gasteiger partial charge in [-0.05, 0) is 30.3 Å². The molecule has 8 heteroatoms. The van der Waals surface area contributed by atoms with Crippen LogP contribution in [0.1, 0.15) is 10.4 Å². The van der Waals surface area contributed by atoms with Crippen LogP contribution in [-0.2, 0) is 0 Å². The summed E-state index contributed by atoms with van der Waals surface area (Å²) in [6, 6.07) is 18.8. The lowest BCUT2D eigenvalue weighted by atomic mass is 10.1. The Kier molecular flexibility index (Phi) is 4.43. The Morgan fingerprint density at radius 1 is 1.00 bits per heavy atom. The first-order valence-electron chi connectivity index (χ1n) is 8.46. The van der Waals surface area contributed by atoms with Crippen LogP contribution < -0.4 is 10.6 Å². The number of aromatic amines is 1. The molecule has 138 valence electrons. The van der Waals surface area contributed by atoms with Gasteiger partial charge in [0.25, 0.3) is 11.6 Å². The molecule has 0 unspecified atom stereocenters. The highest BCUT2D eigenvalue weighted by molar-refractivity contribution is 6.08. The zero-order valence-electron chi connectivity index (χ0n) is 14.5. The van der Waals surface area contributed by atoms with E-state index < -0.39 is 10.8 Å². The normalized spacial score (nSPS) is 10.6. The first-order chi connectivity index (χ1) is 13.6. The average Bonchev–Trinajstić information content (AvgIpc) is 3.19. The smallest absolute Gasteiger partial charge is 0.293 e. The Balaban J connectivity index is 1.62. The Morgan fingerprint density at radius 3 is 2.61 bits per heavy atom. The molecule has 0 atom stereocenters. The minimum atomic E-state index is -0.516. The monoisotopic (exact) mass is 373 g/mol. The summed E-state index contributed by atoms with van der Waals surface area (Å²) >= 11 is 0. The van der Waals surface area contributed by atoms with Gasteiger partial charge in [0, 0.05) is 22.7 Å². The fraction of sp³-hybridized carbons (Fsp3) is 0. The number of amides is 1. The Morgan fingerprint density at radius 2 is 1.82 bits per heavy atom. The molecule has 0 saturated carbocycles. The highest BCUT2D eigenvalue weighted by Gasteiger charge is 2.18. The fourth-order valence-corrected chi connectivity index (χ4v) is 2.87. The van der Waals surface area contributed by atoms with Crippen LogP contribution in [0.2, 0.25) is 0 Å². The van der Waals surface area contributed by atoms with Gasteiger partial charge in [-0.15, -0.1) is 0 Å². The van der Waals surface area contributed by atoms with Gasteiger partial charge in [0.15, 0.2) is 0 Å². The maximum Gasteiger partial charge on any atom is 0.293 e. The van der Waals surface area contributed by atoms with Gasteiger partial charge >= 0.3 is 0 Å². The lowest BCUT2D eigenvalue weighted by Crippen LogP contribution is -2.13. The summed E-state index contributed by atoms with van der Waals surface area (Å²) in [6.45, 7) is 0. The molecule has 28 heavy (non-hydrogen) atoms. The molecule has 0 saturated heterocycles. The van der Waals surface area contributed by atoms with E-state index in [2.05, 4.69) is 20.8 Å². The zero-order chi connectivity index (χ0) is 19.5. The second-order valence-corrected chi connectivity index (χ2v) is 6.07. The Hall–Kier alpha value is -4.20. The van der Waals surface area contributed by atoms with Gasteiger partial charge in [0.05, 0.1) is 22.3 Å². The first kappa shape index (κ1) is 17.2. The van der Waals surface area contributed by atoms with Crippen molar-refractivity contribution >= 4 is 39.6 Å². The molecule has 3 N–H and O–H groups in total. The van der Waals surface area contributed by atoms with E-state index in [1.807, 2.05) is 24.3 Å². The largest absolute Gasteiger partial charge is 0.350 e. The summed E-state index contributed by atoms with van der Waals surface area (Å²) in [4.78, 5) is 23.6. The molecule has 1 aromatic heterocycles. The number of nitrogens with one attached hydrogen (secondary N) is 3. The van der Waals surface area contributed by atoms with Crippen molar-refractivity contribution in [2.24, 2.45) is 0 Å². The number of nitrogens with zero attached hydrogens (tertiary/aromatic N) is 2. The van der Waals surface area contributed by atoms with E-state index in [0.717, 1.165) is 5.39 Å². The highest BCUT2D eigenvalue weighted by atomic mass is 16.6. The summed E-state index contributed by atoms with van der Waals surface area (Å²) in [5.41, 5.74) is 2.26. The van der Waals surface area contributed by atoms with Crippen LogP contribution in [0.4, 0.5) is 22.7 Å². The maximum absolute atomic E-state index is 12.6. The van der Waals surface area contributed by atoms with Crippen molar-refractivity contribution in [3.05, 3.63) is 88.6 Å². The van der Waals surface area contributed by atoms with E-state index in [4.69, 9.17) is 0 Å². The number of rotatable bonds is 5. The van der Waals surface area contributed by atoms with Crippen molar-refractivity contribution in [1.29, 1.82) is 0 Å². The lowest BCUT2D eigenvalue weighted by Gasteiger charge is -2.10. The third kappa shape index (κ3) is 3.38. The predicted octanol–water partition coefficient (Wildman–Crippen LogP) is 4.47. The molecule has 0 aliphatic rings. The first-order valence-corrected chi connectivity index (χ1v) is 8.46. The summed E-state index contributed by atoms with van der Waals surface area (Å²) < 4.78 is 0. The van der Waals surface area contributed by atoms with Crippen LogP contribution in [0.5, 0.6) is 0 Å². The van der Waals surface area contributed by atoms with E-state index in [9.17, 15) is 14.9 Å². The maximum atomic E-state index is 12.6. The number of aromatic nitrogens is 2. The summed E-state index contributed by atoms with van der Waals surface area (Å²) in [5, 5.41) is 24.9. The number of fused-ring (bicyclic) bond motifs is 1. The summed E-state index contributed by atoms with van der Waals surface area (Å²) in [6.07, 6.45) is 1.65. The number of hydrogen-bond acceptors (Lipinski definition) is 5. The topological polar surface area (TPSA) is 113 Å². The van der Waals surface area contributed by atoms with E-state index >= 15 is 0 Å². The second kappa shape index (κ2) is 7.20. The number of nitro groups is 1. The van der Waals surface area contributed by atoms with Crippen molar-refractivity contribution in [3.63, 3.8) is 0 Å². The second-order valence-electron chi connectivity index (χ2n) is 6.07. The van der Waals surface area contributed by atoms with Gasteiger partial charge in [0.2, 0.25) is 0 Å². The van der Waals surface area contributed by atoms with Gasteiger partial charge in [-0.2, -0.15) is 5.10 Å². The van der Waals surface area contributed by atoms with Crippen molar-refractivity contribution in [2.45, 2.75) is 0 Å². The van der Waals surface area contributed by atoms with Crippen molar-refractivity contribution < 1.29 is 9.72 Å². The third-order valence-electron chi connectivity index (χ3n) is 4.23. The molecule has 0 aliphatic carbocycles. The number of benzene rings is 3. The van der Waals surface area contributed by atoms with E-state index in [1.165, 1.54) is 12.1 Å². The molecule has 1 heterocycles. The van der Waals surface area contributed by atoms with Crippen molar-refractivity contribution in [2.75, 3.05) is 10.6 Å². The minimum absolute atomic E-state index is 0.182. The van der Waals surface area contributed by atoms with Gasteiger partial charge in [-0.3, -0.25) is 20.0 Å². The number of para-hydroxylation sites is 2. The number of carbonyl (C=O) groups is 1. The standard InChI is InChI=1S/C20H15N5O3/c26-20(23-17-8-4-5-14-12-21-24-19(14)17)13-9-10-16(18(11-13)25(27)28)22-15-6-2-1-3-7-15/h1-12,22H,(H,21,24)(H,23,26). The van der Waals surface area contributed by atoms with Crippen LogP contribution in [0.15, 0.2) is 72.9 Å². The molecule has 4 aromatic rings. The van der Waals surface area contributed by atoms with Gasteiger partial charge in [0.1, 0.15) is 5.69 Å². The molecule has 0 spiro atoms. The highest BCUT2D eigenvalue weighted by Crippen LogP contribution is 2.29. The molecule has 4 rings (SSSR count). The number of hydrogen-bond donors (Lipinski definition) is 3. The Labute approximate surface area is 159 Å². The fourth-order valence-electron chi connectivity index (χ4n) is 2.87. The van der Waals surface area contributed by atoms with Crippen LogP contribution in [0.3, 0.4) is 0 Å². The van der Waals surface area contributed by atoms with Gasteiger partial charge < -0.3 is 10.6 Å². The number of carbonyl (C=O) groups excluding carboxylic acids is 1. The Bertz CT molecular complexity index is 1170. The molecule has 0 aliphatic heterocycles. The van der Waals surface area contributed by atoms with E-state index in [0.29, 0.717) is 22.6 Å². The molecule has 0 fully saturated rings. The SMILES string of the molecule is O=C(Nc1cccc2cn[nH]c12)c1ccc(Nc2ccccc2)c([N+](=O)[O-])c1. The molecule has 0 radical (unpaired) electrons. The molecular weight excluding hydrogens is 358 g/mol. The van der Waals surface area contributed by atoms with E-state index in [-0.39, 0.29) is 11.3 Å². The van der Waals surface area contributed by atoms with Crippen LogP contribution in [-0.4, -0.2) is 21.0 Å². The van der Waals surface area contributed by atoms with Crippen molar-refractivity contribution in [3.8, 4) is 0 Å². The van der Waals surface area contributed by atoms with Gasteiger partial charge in [-0.1, -0.05) is 30.3 Å².